The Labute approximate surface area is 175 Å². The summed E-state index contributed by atoms with van der Waals surface area (Å²) < 4.78 is 23.7. The van der Waals surface area contributed by atoms with Gasteiger partial charge in [0.25, 0.3) is 11.8 Å². The Morgan fingerprint density at radius 2 is 1.87 bits per heavy atom. The Balaban J connectivity index is 1.62. The SMILES string of the molecule is Cc1ccc(C(=O)OCC(=O)Nc2cc(Cl)ccc2F)cc1NC(=O)c1ccco1. The minimum Gasteiger partial charge on any atom is -0.459 e. The fourth-order valence-electron chi connectivity index (χ4n) is 2.47. The molecule has 2 amide bonds. The fraction of sp³-hybridized carbons (Fsp3) is 0.0952. The summed E-state index contributed by atoms with van der Waals surface area (Å²) in [6.07, 6.45) is 1.37. The first-order valence-electron chi connectivity index (χ1n) is 8.71. The molecule has 0 atom stereocenters. The zero-order valence-electron chi connectivity index (χ0n) is 15.7. The van der Waals surface area contributed by atoms with E-state index in [0.29, 0.717) is 11.3 Å². The van der Waals surface area contributed by atoms with Gasteiger partial charge < -0.3 is 19.8 Å². The number of anilines is 2. The number of nitrogens with one attached hydrogen (secondary N) is 2. The largest absolute Gasteiger partial charge is 0.459 e. The van der Waals surface area contributed by atoms with Gasteiger partial charge in [-0.25, -0.2) is 9.18 Å². The summed E-state index contributed by atoms with van der Waals surface area (Å²) in [5.74, 6) is -2.55. The lowest BCUT2D eigenvalue weighted by Crippen LogP contribution is -2.21. The first kappa shape index (κ1) is 21.1. The molecule has 0 aliphatic rings. The number of ether oxygens (including phenoxy) is 1. The highest BCUT2D eigenvalue weighted by atomic mass is 35.5. The van der Waals surface area contributed by atoms with Gasteiger partial charge in [0.2, 0.25) is 0 Å². The second-order valence-electron chi connectivity index (χ2n) is 6.21. The van der Waals surface area contributed by atoms with Crippen LogP contribution in [0.4, 0.5) is 15.8 Å². The Bertz CT molecular complexity index is 1100. The molecular formula is C21H16ClFN2O5. The lowest BCUT2D eigenvalue weighted by atomic mass is 10.1. The second kappa shape index (κ2) is 9.23. The monoisotopic (exact) mass is 430 g/mol. The van der Waals surface area contributed by atoms with Crippen LogP contribution in [0.25, 0.3) is 0 Å². The third kappa shape index (κ3) is 5.24. The van der Waals surface area contributed by atoms with Crippen LogP contribution in [0.1, 0.15) is 26.5 Å². The van der Waals surface area contributed by atoms with E-state index in [1.165, 1.54) is 36.6 Å². The maximum Gasteiger partial charge on any atom is 0.338 e. The molecule has 3 rings (SSSR count). The molecule has 30 heavy (non-hydrogen) atoms. The maximum absolute atomic E-state index is 13.7. The number of furan rings is 1. The van der Waals surface area contributed by atoms with Gasteiger partial charge >= 0.3 is 5.97 Å². The number of halogens is 2. The molecule has 0 spiro atoms. The van der Waals surface area contributed by atoms with E-state index in [1.807, 2.05) is 0 Å². The zero-order chi connectivity index (χ0) is 21.7. The summed E-state index contributed by atoms with van der Waals surface area (Å²) in [4.78, 5) is 36.4. The summed E-state index contributed by atoms with van der Waals surface area (Å²) in [5.41, 5.74) is 1.09. The van der Waals surface area contributed by atoms with Gasteiger partial charge in [0, 0.05) is 10.7 Å². The number of hydrogen-bond acceptors (Lipinski definition) is 5. The van der Waals surface area contributed by atoms with Crippen molar-refractivity contribution in [2.75, 3.05) is 17.2 Å². The number of hydrogen-bond donors (Lipinski definition) is 2. The highest BCUT2D eigenvalue weighted by molar-refractivity contribution is 6.30. The quantitative estimate of drug-likeness (QED) is 0.564. The molecule has 1 heterocycles. The van der Waals surface area contributed by atoms with Crippen LogP contribution in [0.2, 0.25) is 5.02 Å². The zero-order valence-corrected chi connectivity index (χ0v) is 16.5. The fourth-order valence-corrected chi connectivity index (χ4v) is 2.64. The van der Waals surface area contributed by atoms with Crippen molar-refractivity contribution in [2.24, 2.45) is 0 Å². The lowest BCUT2D eigenvalue weighted by molar-refractivity contribution is -0.119. The van der Waals surface area contributed by atoms with Crippen molar-refractivity contribution in [2.45, 2.75) is 6.92 Å². The molecule has 1 aromatic heterocycles. The van der Waals surface area contributed by atoms with Crippen LogP contribution in [0.3, 0.4) is 0 Å². The minimum absolute atomic E-state index is 0.118. The molecule has 7 nitrogen and oxygen atoms in total. The molecule has 0 saturated carbocycles. The molecule has 0 aliphatic heterocycles. The van der Waals surface area contributed by atoms with Crippen LogP contribution >= 0.6 is 11.6 Å². The van der Waals surface area contributed by atoms with Crippen molar-refractivity contribution in [3.05, 3.63) is 82.5 Å². The predicted octanol–water partition coefficient (Wildman–Crippen LogP) is 4.43. The van der Waals surface area contributed by atoms with E-state index in [2.05, 4.69) is 10.6 Å². The average Bonchev–Trinajstić information content (AvgIpc) is 3.25. The topological polar surface area (TPSA) is 97.6 Å². The Morgan fingerprint density at radius 3 is 2.60 bits per heavy atom. The number of esters is 1. The minimum atomic E-state index is -0.787. The lowest BCUT2D eigenvalue weighted by Gasteiger charge is -2.10. The number of aryl methyl sites for hydroxylation is 1. The van der Waals surface area contributed by atoms with Crippen LogP contribution < -0.4 is 10.6 Å². The van der Waals surface area contributed by atoms with E-state index in [4.69, 9.17) is 20.8 Å². The van der Waals surface area contributed by atoms with Crippen molar-refractivity contribution in [3.63, 3.8) is 0 Å². The molecule has 0 fully saturated rings. The first-order valence-corrected chi connectivity index (χ1v) is 9.09. The summed E-state index contributed by atoms with van der Waals surface area (Å²) in [7, 11) is 0. The predicted molar refractivity (Wildman–Crippen MR) is 108 cm³/mol. The van der Waals surface area contributed by atoms with E-state index in [1.54, 1.807) is 19.1 Å². The normalized spacial score (nSPS) is 10.4. The van der Waals surface area contributed by atoms with E-state index >= 15 is 0 Å². The van der Waals surface area contributed by atoms with Crippen molar-refractivity contribution >= 4 is 40.8 Å². The molecule has 9 heteroatoms. The molecule has 0 radical (unpaired) electrons. The van der Waals surface area contributed by atoms with E-state index in [-0.39, 0.29) is 22.0 Å². The van der Waals surface area contributed by atoms with Gasteiger partial charge in [-0.05, 0) is 55.0 Å². The van der Waals surface area contributed by atoms with Gasteiger partial charge in [0.15, 0.2) is 12.4 Å². The van der Waals surface area contributed by atoms with Crippen molar-refractivity contribution in [1.82, 2.24) is 0 Å². The molecule has 2 N–H and O–H groups in total. The van der Waals surface area contributed by atoms with Gasteiger partial charge in [0.1, 0.15) is 5.82 Å². The van der Waals surface area contributed by atoms with Crippen LogP contribution in [-0.2, 0) is 9.53 Å². The van der Waals surface area contributed by atoms with Crippen LogP contribution in [-0.4, -0.2) is 24.4 Å². The van der Waals surface area contributed by atoms with E-state index in [9.17, 15) is 18.8 Å². The number of rotatable bonds is 6. The third-order valence-electron chi connectivity index (χ3n) is 4.00. The molecule has 2 aromatic carbocycles. The van der Waals surface area contributed by atoms with Crippen molar-refractivity contribution < 1.29 is 27.9 Å². The van der Waals surface area contributed by atoms with Gasteiger partial charge in [-0.3, -0.25) is 9.59 Å². The molecular weight excluding hydrogens is 415 g/mol. The second-order valence-corrected chi connectivity index (χ2v) is 6.65. The number of carbonyl (C=O) groups excluding carboxylic acids is 3. The number of benzene rings is 2. The molecule has 0 bridgehead atoms. The summed E-state index contributed by atoms with van der Waals surface area (Å²) >= 11 is 5.76. The van der Waals surface area contributed by atoms with Gasteiger partial charge in [-0.2, -0.15) is 0 Å². The van der Waals surface area contributed by atoms with Gasteiger partial charge in [-0.15, -0.1) is 0 Å². The highest BCUT2D eigenvalue weighted by Gasteiger charge is 2.15. The molecule has 154 valence electrons. The highest BCUT2D eigenvalue weighted by Crippen LogP contribution is 2.20. The first-order chi connectivity index (χ1) is 14.3. The number of carbonyl (C=O) groups is 3. The molecule has 0 unspecified atom stereocenters. The Hall–Kier alpha value is -3.65. The number of amides is 2. The van der Waals surface area contributed by atoms with Crippen LogP contribution in [0.5, 0.6) is 0 Å². The summed E-state index contributed by atoms with van der Waals surface area (Å²) in [6, 6.07) is 11.3. The van der Waals surface area contributed by atoms with Crippen LogP contribution in [0.15, 0.2) is 59.2 Å². The van der Waals surface area contributed by atoms with E-state index in [0.717, 1.165) is 6.07 Å². The van der Waals surface area contributed by atoms with Crippen LogP contribution in [0, 0.1) is 12.7 Å². The van der Waals surface area contributed by atoms with Crippen molar-refractivity contribution in [1.29, 1.82) is 0 Å². The van der Waals surface area contributed by atoms with Gasteiger partial charge in [-0.1, -0.05) is 17.7 Å². The van der Waals surface area contributed by atoms with E-state index < -0.39 is 30.2 Å². The summed E-state index contributed by atoms with van der Waals surface area (Å²) in [6.45, 7) is 1.12. The molecule has 3 aromatic rings. The van der Waals surface area contributed by atoms with Gasteiger partial charge in [0.05, 0.1) is 17.5 Å². The smallest absolute Gasteiger partial charge is 0.338 e. The van der Waals surface area contributed by atoms with Crippen molar-refractivity contribution in [3.8, 4) is 0 Å². The standard InChI is InChI=1S/C21H16ClFN2O5/c1-12-4-5-13(9-16(12)25-20(27)18-3-2-8-29-18)21(28)30-11-19(26)24-17-10-14(22)6-7-15(17)23/h2-10H,11H2,1H3,(H,24,26)(H,25,27). The third-order valence-corrected chi connectivity index (χ3v) is 4.24. The Morgan fingerprint density at radius 1 is 1.07 bits per heavy atom. The molecule has 0 aliphatic carbocycles. The Kier molecular flexibility index (Phi) is 6.48. The maximum atomic E-state index is 13.7. The average molecular weight is 431 g/mol. The molecule has 0 saturated heterocycles. The summed E-state index contributed by atoms with van der Waals surface area (Å²) in [5, 5.41) is 5.16.